The number of benzene rings is 1. The maximum atomic E-state index is 12.3. The summed E-state index contributed by atoms with van der Waals surface area (Å²) < 4.78 is 5.69. The predicted molar refractivity (Wildman–Crippen MR) is 100 cm³/mol. The molecule has 2 rings (SSSR count). The first kappa shape index (κ1) is 19.5. The van der Waals surface area contributed by atoms with Gasteiger partial charge in [0.1, 0.15) is 6.10 Å². The fourth-order valence-corrected chi connectivity index (χ4v) is 3.71. The molecule has 25 heavy (non-hydrogen) atoms. The average Bonchev–Trinajstić information content (AvgIpc) is 2.64. The van der Waals surface area contributed by atoms with Crippen LogP contribution >= 0.6 is 0 Å². The highest BCUT2D eigenvalue weighted by Crippen LogP contribution is 2.41. The zero-order valence-corrected chi connectivity index (χ0v) is 15.7. The Morgan fingerprint density at radius 1 is 1.16 bits per heavy atom. The van der Waals surface area contributed by atoms with Gasteiger partial charge in [-0.1, -0.05) is 51.7 Å². The second kappa shape index (κ2) is 9.61. The number of unbranched alkanes of at least 4 members (excludes halogenated alkanes) is 2. The first-order valence-corrected chi connectivity index (χ1v) is 9.83. The van der Waals surface area contributed by atoms with Crippen LogP contribution in [0.2, 0.25) is 0 Å². The van der Waals surface area contributed by atoms with Crippen LogP contribution in [0.3, 0.4) is 0 Å². The highest BCUT2D eigenvalue weighted by molar-refractivity contribution is 5.89. The van der Waals surface area contributed by atoms with E-state index in [2.05, 4.69) is 19.9 Å². The number of aryl methyl sites for hydroxylation is 1. The van der Waals surface area contributed by atoms with Crippen molar-refractivity contribution in [2.24, 2.45) is 5.41 Å². The van der Waals surface area contributed by atoms with Crippen LogP contribution < -0.4 is 0 Å². The van der Waals surface area contributed by atoms with E-state index in [-0.39, 0.29) is 17.5 Å². The second-order valence-electron chi connectivity index (χ2n) is 7.40. The molecule has 0 radical (unpaired) electrons. The molecule has 3 nitrogen and oxygen atoms in total. The molecule has 3 heteroatoms. The van der Waals surface area contributed by atoms with Gasteiger partial charge < -0.3 is 4.74 Å². The van der Waals surface area contributed by atoms with Gasteiger partial charge in [-0.05, 0) is 56.2 Å². The summed E-state index contributed by atoms with van der Waals surface area (Å²) in [6.07, 6.45) is 9.87. The van der Waals surface area contributed by atoms with Gasteiger partial charge in [-0.25, -0.2) is 4.79 Å². The van der Waals surface area contributed by atoms with Gasteiger partial charge in [-0.3, -0.25) is 0 Å². The third-order valence-corrected chi connectivity index (χ3v) is 5.39. The smallest absolute Gasteiger partial charge is 0.338 e. The molecule has 0 bridgehead atoms. The highest BCUT2D eigenvalue weighted by Gasteiger charge is 2.36. The fourth-order valence-electron chi connectivity index (χ4n) is 3.71. The standard InChI is InChI=1S/C22H31NO2/c1-3-5-6-14-22(17-23)15-12-20(13-16-22)25-21(24)19-10-8-18(7-4-2)9-11-19/h8-11,20H,3-7,12-16H2,1-2H3. The van der Waals surface area contributed by atoms with E-state index in [9.17, 15) is 10.1 Å². The highest BCUT2D eigenvalue weighted by atomic mass is 16.5. The maximum absolute atomic E-state index is 12.3. The maximum Gasteiger partial charge on any atom is 0.338 e. The molecule has 0 heterocycles. The van der Waals surface area contributed by atoms with Crippen molar-refractivity contribution in [3.05, 3.63) is 35.4 Å². The van der Waals surface area contributed by atoms with Crippen molar-refractivity contribution in [1.29, 1.82) is 5.26 Å². The van der Waals surface area contributed by atoms with Crippen LogP contribution in [0.15, 0.2) is 24.3 Å². The molecule has 1 aromatic rings. The lowest BCUT2D eigenvalue weighted by atomic mass is 9.71. The number of nitrogens with zero attached hydrogens (tertiary/aromatic N) is 1. The zero-order valence-electron chi connectivity index (χ0n) is 15.7. The summed E-state index contributed by atoms with van der Waals surface area (Å²) >= 11 is 0. The third kappa shape index (κ3) is 5.59. The van der Waals surface area contributed by atoms with E-state index >= 15 is 0 Å². The molecule has 0 atom stereocenters. The SMILES string of the molecule is CCCCCC1(C#N)CCC(OC(=O)c2ccc(CCC)cc2)CC1. The van der Waals surface area contributed by atoms with E-state index in [0.717, 1.165) is 51.4 Å². The summed E-state index contributed by atoms with van der Waals surface area (Å²) in [4.78, 5) is 12.3. The van der Waals surface area contributed by atoms with Crippen molar-refractivity contribution in [1.82, 2.24) is 0 Å². The molecule has 1 saturated carbocycles. The topological polar surface area (TPSA) is 50.1 Å². The molecule has 1 aromatic carbocycles. The molecule has 136 valence electrons. The van der Waals surface area contributed by atoms with Gasteiger partial charge in [0.05, 0.1) is 17.0 Å². The molecule has 1 fully saturated rings. The Morgan fingerprint density at radius 3 is 2.40 bits per heavy atom. The van der Waals surface area contributed by atoms with Crippen LogP contribution in [0, 0.1) is 16.7 Å². The summed E-state index contributed by atoms with van der Waals surface area (Å²) in [6, 6.07) is 10.3. The van der Waals surface area contributed by atoms with Gasteiger partial charge in [0.25, 0.3) is 0 Å². The van der Waals surface area contributed by atoms with Crippen LogP contribution in [0.1, 0.15) is 87.6 Å². The monoisotopic (exact) mass is 341 g/mol. The average molecular weight is 341 g/mol. The minimum absolute atomic E-state index is 0.0459. The Bertz CT molecular complexity index is 577. The lowest BCUT2D eigenvalue weighted by molar-refractivity contribution is 0.0105. The Labute approximate surface area is 152 Å². The Balaban J connectivity index is 1.84. The van der Waals surface area contributed by atoms with Crippen molar-refractivity contribution < 1.29 is 9.53 Å². The van der Waals surface area contributed by atoms with Gasteiger partial charge in [-0.2, -0.15) is 5.26 Å². The van der Waals surface area contributed by atoms with Gasteiger partial charge in [0, 0.05) is 0 Å². The number of carbonyl (C=O) groups is 1. The van der Waals surface area contributed by atoms with E-state index in [1.807, 2.05) is 24.3 Å². The van der Waals surface area contributed by atoms with Crippen molar-refractivity contribution >= 4 is 5.97 Å². The largest absolute Gasteiger partial charge is 0.459 e. The number of nitriles is 1. The Kier molecular flexibility index (Phi) is 7.50. The number of rotatable bonds is 8. The van der Waals surface area contributed by atoms with Gasteiger partial charge >= 0.3 is 5.97 Å². The quantitative estimate of drug-likeness (QED) is 0.441. The summed E-state index contributed by atoms with van der Waals surface area (Å²) in [5, 5.41) is 9.60. The first-order valence-electron chi connectivity index (χ1n) is 9.83. The molecular formula is C22H31NO2. The number of hydrogen-bond donors (Lipinski definition) is 0. The molecule has 1 aliphatic rings. The Hall–Kier alpha value is -1.82. The molecule has 0 aliphatic heterocycles. The van der Waals surface area contributed by atoms with Crippen molar-refractivity contribution in [3.8, 4) is 6.07 Å². The predicted octanol–water partition coefficient (Wildman–Crippen LogP) is 5.83. The molecule has 0 spiro atoms. The molecule has 1 aliphatic carbocycles. The summed E-state index contributed by atoms with van der Waals surface area (Å²) in [5.74, 6) is -0.233. The van der Waals surface area contributed by atoms with Crippen molar-refractivity contribution in [2.75, 3.05) is 0 Å². The number of carbonyl (C=O) groups excluding carboxylic acids is 1. The molecule has 0 N–H and O–H groups in total. The first-order chi connectivity index (χ1) is 12.1. The minimum Gasteiger partial charge on any atom is -0.459 e. The summed E-state index contributed by atoms with van der Waals surface area (Å²) in [7, 11) is 0. The summed E-state index contributed by atoms with van der Waals surface area (Å²) in [6.45, 7) is 4.33. The van der Waals surface area contributed by atoms with Crippen molar-refractivity contribution in [2.45, 2.75) is 84.2 Å². The van der Waals surface area contributed by atoms with E-state index in [4.69, 9.17) is 4.74 Å². The molecule has 0 saturated heterocycles. The molecule has 0 aromatic heterocycles. The second-order valence-corrected chi connectivity index (χ2v) is 7.40. The van der Waals surface area contributed by atoms with Crippen LogP contribution in [-0.2, 0) is 11.2 Å². The molecular weight excluding hydrogens is 310 g/mol. The molecule has 0 unspecified atom stereocenters. The number of ether oxygens (including phenoxy) is 1. The van der Waals surface area contributed by atoms with E-state index in [0.29, 0.717) is 5.56 Å². The fraction of sp³-hybridized carbons (Fsp3) is 0.636. The van der Waals surface area contributed by atoms with E-state index in [1.54, 1.807) is 0 Å². The van der Waals surface area contributed by atoms with E-state index in [1.165, 1.54) is 18.4 Å². The van der Waals surface area contributed by atoms with Gasteiger partial charge in [-0.15, -0.1) is 0 Å². The number of esters is 1. The van der Waals surface area contributed by atoms with Crippen LogP contribution in [0.5, 0.6) is 0 Å². The van der Waals surface area contributed by atoms with Gasteiger partial charge in [0.15, 0.2) is 0 Å². The lowest BCUT2D eigenvalue weighted by Crippen LogP contribution is -2.31. The van der Waals surface area contributed by atoms with Crippen LogP contribution in [-0.4, -0.2) is 12.1 Å². The molecule has 0 amide bonds. The van der Waals surface area contributed by atoms with Crippen LogP contribution in [0.4, 0.5) is 0 Å². The Morgan fingerprint density at radius 2 is 1.84 bits per heavy atom. The zero-order chi connectivity index (χ0) is 18.1. The van der Waals surface area contributed by atoms with E-state index < -0.39 is 0 Å². The van der Waals surface area contributed by atoms with Crippen LogP contribution in [0.25, 0.3) is 0 Å². The van der Waals surface area contributed by atoms with Crippen molar-refractivity contribution in [3.63, 3.8) is 0 Å². The minimum atomic E-state index is -0.233. The van der Waals surface area contributed by atoms with Gasteiger partial charge in [0.2, 0.25) is 0 Å². The number of hydrogen-bond acceptors (Lipinski definition) is 3. The normalized spacial score (nSPS) is 23.0. The third-order valence-electron chi connectivity index (χ3n) is 5.39. The lowest BCUT2D eigenvalue weighted by Gasteiger charge is -2.34. The summed E-state index contributed by atoms with van der Waals surface area (Å²) in [5.41, 5.74) is 1.68.